The second kappa shape index (κ2) is 7.03. The van der Waals surface area contributed by atoms with Crippen LogP contribution >= 0.6 is 0 Å². The number of carbonyl (C=O) groups is 3. The molecule has 0 radical (unpaired) electrons. The van der Waals surface area contributed by atoms with Gasteiger partial charge in [-0.05, 0) is 61.3 Å². The van der Waals surface area contributed by atoms with E-state index in [0.29, 0.717) is 29.5 Å². The number of benzene rings is 1. The molecule has 0 heterocycles. The van der Waals surface area contributed by atoms with Crippen LogP contribution in [0.15, 0.2) is 24.3 Å². The molecule has 1 aromatic carbocycles. The zero-order chi connectivity index (χ0) is 17.1. The molecule has 1 aromatic rings. The predicted molar refractivity (Wildman–Crippen MR) is 88.1 cm³/mol. The largest absolute Gasteiger partial charge is 0.456 e. The quantitative estimate of drug-likeness (QED) is 0.780. The van der Waals surface area contributed by atoms with Gasteiger partial charge in [0.05, 0.1) is 0 Å². The molecule has 0 aliphatic heterocycles. The van der Waals surface area contributed by atoms with Gasteiger partial charge in [-0.15, -0.1) is 0 Å². The summed E-state index contributed by atoms with van der Waals surface area (Å²) in [5.74, 6) is 0.664. The average Bonchev–Trinajstić information content (AvgIpc) is 3.16. The topological polar surface area (TPSA) is 98.5 Å². The molecule has 0 spiro atoms. The van der Waals surface area contributed by atoms with Gasteiger partial charge in [0.15, 0.2) is 6.61 Å². The number of hydrogen-bond donors (Lipinski definition) is 2. The summed E-state index contributed by atoms with van der Waals surface area (Å²) >= 11 is 0. The highest BCUT2D eigenvalue weighted by Gasteiger charge is 2.40. The summed E-state index contributed by atoms with van der Waals surface area (Å²) in [5.41, 5.74) is 6.04. The monoisotopic (exact) mass is 330 g/mol. The molecule has 6 nitrogen and oxygen atoms in total. The fourth-order valence-corrected chi connectivity index (χ4v) is 3.96. The van der Waals surface area contributed by atoms with Crippen molar-refractivity contribution in [2.75, 3.05) is 11.9 Å². The van der Waals surface area contributed by atoms with Crippen LogP contribution < -0.4 is 11.1 Å². The Hall–Kier alpha value is -2.37. The van der Waals surface area contributed by atoms with Gasteiger partial charge >= 0.3 is 5.97 Å². The van der Waals surface area contributed by atoms with Gasteiger partial charge < -0.3 is 15.8 Å². The molecule has 0 saturated heterocycles. The predicted octanol–water partition coefficient (Wildman–Crippen LogP) is 2.09. The van der Waals surface area contributed by atoms with Crippen LogP contribution in [0.2, 0.25) is 0 Å². The van der Waals surface area contributed by atoms with Crippen LogP contribution in [0.5, 0.6) is 0 Å². The molecule has 0 aromatic heterocycles. The van der Waals surface area contributed by atoms with Gasteiger partial charge in [0.25, 0.3) is 5.91 Å². The Kier molecular flexibility index (Phi) is 4.83. The first-order chi connectivity index (χ1) is 11.5. The molecule has 2 aliphatic rings. The summed E-state index contributed by atoms with van der Waals surface area (Å²) < 4.78 is 5.08. The van der Waals surface area contributed by atoms with Gasteiger partial charge in [0.1, 0.15) is 0 Å². The normalized spacial score (nSPS) is 24.6. The minimum Gasteiger partial charge on any atom is -0.456 e. The Morgan fingerprint density at radius 2 is 1.88 bits per heavy atom. The number of nitrogens with one attached hydrogen (secondary N) is 1. The van der Waals surface area contributed by atoms with Crippen molar-refractivity contribution in [1.29, 1.82) is 0 Å². The van der Waals surface area contributed by atoms with E-state index in [0.717, 1.165) is 12.3 Å². The molecule has 2 fully saturated rings. The molecule has 24 heavy (non-hydrogen) atoms. The minimum absolute atomic E-state index is 0.294. The summed E-state index contributed by atoms with van der Waals surface area (Å²) in [5, 5.41) is 2.62. The summed E-state index contributed by atoms with van der Waals surface area (Å²) in [6.45, 7) is -0.294. The van der Waals surface area contributed by atoms with E-state index in [-0.39, 0.29) is 12.6 Å². The molecule has 3 atom stereocenters. The van der Waals surface area contributed by atoms with E-state index < -0.39 is 11.8 Å². The van der Waals surface area contributed by atoms with Crippen molar-refractivity contribution < 1.29 is 19.1 Å². The molecule has 3 rings (SSSR count). The van der Waals surface area contributed by atoms with E-state index in [9.17, 15) is 14.4 Å². The maximum Gasteiger partial charge on any atom is 0.306 e. The van der Waals surface area contributed by atoms with E-state index in [4.69, 9.17) is 10.5 Å². The van der Waals surface area contributed by atoms with Crippen molar-refractivity contribution in [2.24, 2.45) is 23.5 Å². The van der Waals surface area contributed by atoms with Gasteiger partial charge in [0, 0.05) is 17.7 Å². The maximum absolute atomic E-state index is 11.9. The van der Waals surface area contributed by atoms with Crippen LogP contribution in [0.3, 0.4) is 0 Å². The summed E-state index contributed by atoms with van der Waals surface area (Å²) in [6.07, 6.45) is 5.32. The number of esters is 1. The number of ether oxygens (including phenoxy) is 1. The first-order valence-corrected chi connectivity index (χ1v) is 8.36. The lowest BCUT2D eigenvalue weighted by atomic mass is 9.86. The van der Waals surface area contributed by atoms with Gasteiger partial charge in [-0.25, -0.2) is 0 Å². The average molecular weight is 330 g/mol. The molecule has 6 heteroatoms. The number of amides is 2. The lowest BCUT2D eigenvalue weighted by Crippen LogP contribution is -2.23. The summed E-state index contributed by atoms with van der Waals surface area (Å²) in [4.78, 5) is 34.7. The van der Waals surface area contributed by atoms with Crippen LogP contribution in [0.1, 0.15) is 42.5 Å². The molecule has 2 saturated carbocycles. The van der Waals surface area contributed by atoms with E-state index in [1.54, 1.807) is 12.1 Å². The van der Waals surface area contributed by atoms with Crippen molar-refractivity contribution >= 4 is 23.5 Å². The Balaban J connectivity index is 1.40. The number of nitrogens with two attached hydrogens (primary N) is 1. The van der Waals surface area contributed by atoms with Gasteiger partial charge in [-0.3, -0.25) is 14.4 Å². The maximum atomic E-state index is 11.9. The van der Waals surface area contributed by atoms with Crippen LogP contribution in [0.4, 0.5) is 5.69 Å². The van der Waals surface area contributed by atoms with Gasteiger partial charge in [0.2, 0.25) is 5.91 Å². The van der Waals surface area contributed by atoms with E-state index >= 15 is 0 Å². The van der Waals surface area contributed by atoms with Crippen molar-refractivity contribution in [3.8, 4) is 0 Å². The van der Waals surface area contributed by atoms with Gasteiger partial charge in [-0.1, -0.05) is 6.42 Å². The third-order valence-corrected chi connectivity index (χ3v) is 5.13. The first kappa shape index (κ1) is 16.5. The minimum atomic E-state index is -0.526. The van der Waals surface area contributed by atoms with E-state index in [1.165, 1.54) is 31.4 Å². The van der Waals surface area contributed by atoms with E-state index in [2.05, 4.69) is 5.32 Å². The summed E-state index contributed by atoms with van der Waals surface area (Å²) in [7, 11) is 0. The zero-order valence-electron chi connectivity index (χ0n) is 13.5. The fourth-order valence-electron chi connectivity index (χ4n) is 3.96. The number of primary amides is 1. The van der Waals surface area contributed by atoms with Crippen LogP contribution in [-0.2, 0) is 14.3 Å². The number of carbonyl (C=O) groups excluding carboxylic acids is 3. The second-order valence-electron chi connectivity index (χ2n) is 6.79. The first-order valence-electron chi connectivity index (χ1n) is 8.36. The SMILES string of the molecule is NC(=O)c1ccc(NC(=O)COC(=O)C[C@@H]2C[C@@H]3CC[C@H]2C3)cc1. The Morgan fingerprint density at radius 3 is 2.46 bits per heavy atom. The molecule has 0 unspecified atom stereocenters. The molecule has 2 aliphatic carbocycles. The van der Waals surface area contributed by atoms with Crippen molar-refractivity contribution in [1.82, 2.24) is 0 Å². The molecular formula is C18H22N2O4. The standard InChI is InChI=1S/C18H22N2O4/c19-18(23)12-3-5-15(6-4-12)20-16(21)10-24-17(22)9-14-8-11-1-2-13(14)7-11/h3-6,11,13-14H,1-2,7-10H2,(H2,19,23)(H,20,21)/t11-,13+,14+/m1/s1. The highest BCUT2D eigenvalue weighted by molar-refractivity contribution is 5.95. The van der Waals surface area contributed by atoms with Crippen LogP contribution in [-0.4, -0.2) is 24.4 Å². The molecule has 2 amide bonds. The number of rotatable bonds is 6. The van der Waals surface area contributed by atoms with Crippen molar-refractivity contribution in [3.05, 3.63) is 29.8 Å². The highest BCUT2D eigenvalue weighted by Crippen LogP contribution is 2.49. The number of anilines is 1. The smallest absolute Gasteiger partial charge is 0.306 e. The van der Waals surface area contributed by atoms with Gasteiger partial charge in [-0.2, -0.15) is 0 Å². The third-order valence-electron chi connectivity index (χ3n) is 5.13. The molecular weight excluding hydrogens is 308 g/mol. The Labute approximate surface area is 140 Å². The Bertz CT molecular complexity index is 641. The Morgan fingerprint density at radius 1 is 1.12 bits per heavy atom. The molecule has 3 N–H and O–H groups in total. The van der Waals surface area contributed by atoms with E-state index in [1.807, 2.05) is 0 Å². The second-order valence-corrected chi connectivity index (χ2v) is 6.79. The fraction of sp³-hybridized carbons (Fsp3) is 0.500. The lowest BCUT2D eigenvalue weighted by molar-refractivity contribution is -0.148. The summed E-state index contributed by atoms with van der Waals surface area (Å²) in [6, 6.07) is 6.21. The van der Waals surface area contributed by atoms with Crippen LogP contribution in [0.25, 0.3) is 0 Å². The lowest BCUT2D eigenvalue weighted by Gasteiger charge is -2.20. The number of hydrogen-bond acceptors (Lipinski definition) is 4. The van der Waals surface area contributed by atoms with Crippen molar-refractivity contribution in [2.45, 2.75) is 32.1 Å². The van der Waals surface area contributed by atoms with Crippen LogP contribution in [0, 0.1) is 17.8 Å². The third kappa shape index (κ3) is 3.93. The van der Waals surface area contributed by atoms with Crippen molar-refractivity contribution in [3.63, 3.8) is 0 Å². The zero-order valence-corrected chi connectivity index (χ0v) is 13.5. The number of fused-ring (bicyclic) bond motifs is 2. The molecule has 128 valence electrons. The molecule has 2 bridgehead atoms. The highest BCUT2D eigenvalue weighted by atomic mass is 16.5.